The largest absolute Gasteiger partial charge is 0.363 e. The van der Waals surface area contributed by atoms with Gasteiger partial charge in [0.05, 0.1) is 10.5 Å². The molecule has 28 heavy (non-hydrogen) atoms. The maximum absolute atomic E-state index is 12.9. The monoisotopic (exact) mass is 402 g/mol. The second kappa shape index (κ2) is 7.89. The van der Waals surface area contributed by atoms with Crippen LogP contribution in [0.2, 0.25) is 0 Å². The molecule has 0 fully saturated rings. The van der Waals surface area contributed by atoms with Gasteiger partial charge in [-0.15, -0.1) is 0 Å². The van der Waals surface area contributed by atoms with Gasteiger partial charge in [0.1, 0.15) is 5.82 Å². The summed E-state index contributed by atoms with van der Waals surface area (Å²) in [6.45, 7) is 5.03. The lowest BCUT2D eigenvalue weighted by molar-refractivity contribution is 0.0989. The van der Waals surface area contributed by atoms with Crippen molar-refractivity contribution < 1.29 is 13.2 Å². The van der Waals surface area contributed by atoms with Crippen molar-refractivity contribution in [3.05, 3.63) is 47.7 Å². The minimum Gasteiger partial charge on any atom is -0.363 e. The van der Waals surface area contributed by atoms with Gasteiger partial charge in [0, 0.05) is 45.6 Å². The van der Waals surface area contributed by atoms with Crippen LogP contribution in [-0.4, -0.2) is 57.3 Å². The number of carbonyl (C=O) groups is 1. The number of anilines is 2. The molecule has 2 heterocycles. The molecule has 1 aromatic heterocycles. The molecule has 0 saturated carbocycles. The lowest BCUT2D eigenvalue weighted by atomic mass is 10.1. The van der Waals surface area contributed by atoms with Crippen LogP contribution in [-0.2, 0) is 16.4 Å². The van der Waals surface area contributed by atoms with Gasteiger partial charge in [0.2, 0.25) is 10.0 Å². The van der Waals surface area contributed by atoms with Crippen LogP contribution in [0.15, 0.2) is 41.4 Å². The molecule has 0 unspecified atom stereocenters. The fourth-order valence-corrected chi connectivity index (χ4v) is 4.90. The van der Waals surface area contributed by atoms with Crippen molar-refractivity contribution in [1.29, 1.82) is 0 Å². The molecule has 8 heteroatoms. The highest BCUT2D eigenvalue weighted by Crippen LogP contribution is 2.32. The Morgan fingerprint density at radius 2 is 1.86 bits per heavy atom. The number of carbonyl (C=O) groups excluding carboxylic acids is 1. The topological polar surface area (TPSA) is 73.8 Å². The first-order valence-electron chi connectivity index (χ1n) is 9.38. The third-order valence-electron chi connectivity index (χ3n) is 4.99. The Labute approximate surface area is 166 Å². The first-order chi connectivity index (χ1) is 13.3. The molecule has 3 rings (SSSR count). The summed E-state index contributed by atoms with van der Waals surface area (Å²) in [5.41, 5.74) is 2.15. The summed E-state index contributed by atoms with van der Waals surface area (Å²) in [4.78, 5) is 21.1. The van der Waals surface area contributed by atoms with Gasteiger partial charge < -0.3 is 9.80 Å². The summed E-state index contributed by atoms with van der Waals surface area (Å²) < 4.78 is 26.9. The number of pyridine rings is 1. The quantitative estimate of drug-likeness (QED) is 0.742. The number of benzene rings is 1. The Morgan fingerprint density at radius 3 is 2.43 bits per heavy atom. The predicted molar refractivity (Wildman–Crippen MR) is 110 cm³/mol. The average Bonchev–Trinajstić information content (AvgIpc) is 3.11. The number of hydrogen-bond donors (Lipinski definition) is 0. The van der Waals surface area contributed by atoms with Gasteiger partial charge >= 0.3 is 0 Å². The third kappa shape index (κ3) is 3.62. The van der Waals surface area contributed by atoms with Gasteiger partial charge in [0.15, 0.2) is 0 Å². The molecule has 0 saturated heterocycles. The van der Waals surface area contributed by atoms with E-state index in [9.17, 15) is 13.2 Å². The summed E-state index contributed by atoms with van der Waals surface area (Å²) in [6.07, 6.45) is 2.21. The van der Waals surface area contributed by atoms with Gasteiger partial charge in [-0.25, -0.2) is 13.4 Å². The zero-order valence-corrected chi connectivity index (χ0v) is 17.5. The molecule has 0 radical (unpaired) electrons. The third-order valence-corrected chi connectivity index (χ3v) is 7.03. The molecule has 1 aliphatic heterocycles. The van der Waals surface area contributed by atoms with E-state index in [0.717, 1.165) is 17.1 Å². The Kier molecular flexibility index (Phi) is 5.71. The highest BCUT2D eigenvalue weighted by atomic mass is 32.2. The van der Waals surface area contributed by atoms with E-state index < -0.39 is 10.0 Å². The maximum atomic E-state index is 12.9. The number of nitrogens with zero attached hydrogens (tertiary/aromatic N) is 4. The summed E-state index contributed by atoms with van der Waals surface area (Å²) >= 11 is 0. The van der Waals surface area contributed by atoms with E-state index in [1.807, 2.05) is 38.9 Å². The van der Waals surface area contributed by atoms with Gasteiger partial charge in [-0.2, -0.15) is 4.31 Å². The molecular weight excluding hydrogens is 376 g/mol. The van der Waals surface area contributed by atoms with E-state index >= 15 is 0 Å². The second-order valence-electron chi connectivity index (χ2n) is 6.89. The number of amides is 1. The molecule has 0 atom stereocenters. The van der Waals surface area contributed by atoms with Gasteiger partial charge in [0.25, 0.3) is 5.91 Å². The number of hydrogen-bond acceptors (Lipinski definition) is 5. The average molecular weight is 403 g/mol. The van der Waals surface area contributed by atoms with Crippen LogP contribution < -0.4 is 9.80 Å². The van der Waals surface area contributed by atoms with Crippen molar-refractivity contribution in [3.8, 4) is 0 Å². The normalized spacial score (nSPS) is 13.7. The fourth-order valence-electron chi connectivity index (χ4n) is 3.40. The Morgan fingerprint density at radius 1 is 1.14 bits per heavy atom. The van der Waals surface area contributed by atoms with Crippen LogP contribution in [0.5, 0.6) is 0 Å². The van der Waals surface area contributed by atoms with Crippen molar-refractivity contribution in [2.75, 3.05) is 43.5 Å². The number of aromatic nitrogens is 1. The van der Waals surface area contributed by atoms with Crippen LogP contribution in [0.4, 0.5) is 11.5 Å². The van der Waals surface area contributed by atoms with E-state index in [-0.39, 0.29) is 10.8 Å². The molecule has 1 amide bonds. The highest BCUT2D eigenvalue weighted by Gasteiger charge is 2.29. The van der Waals surface area contributed by atoms with Crippen molar-refractivity contribution in [2.45, 2.75) is 25.2 Å². The summed E-state index contributed by atoms with van der Waals surface area (Å²) in [7, 11) is 0.276. The van der Waals surface area contributed by atoms with Crippen molar-refractivity contribution in [3.63, 3.8) is 0 Å². The van der Waals surface area contributed by atoms with E-state index in [2.05, 4.69) is 4.98 Å². The lowest BCUT2D eigenvalue weighted by Gasteiger charge is -2.20. The molecule has 1 aliphatic rings. The lowest BCUT2D eigenvalue weighted by Crippen LogP contribution is -2.31. The summed E-state index contributed by atoms with van der Waals surface area (Å²) in [6, 6.07) is 8.60. The van der Waals surface area contributed by atoms with Crippen molar-refractivity contribution in [1.82, 2.24) is 9.29 Å². The second-order valence-corrected chi connectivity index (χ2v) is 8.82. The Hall–Kier alpha value is -2.45. The van der Waals surface area contributed by atoms with E-state index in [1.165, 1.54) is 4.31 Å². The van der Waals surface area contributed by atoms with Crippen LogP contribution in [0.3, 0.4) is 0 Å². The number of sulfonamides is 1. The molecule has 0 aliphatic carbocycles. The smallest absolute Gasteiger partial charge is 0.259 e. The zero-order valence-electron chi connectivity index (χ0n) is 16.7. The van der Waals surface area contributed by atoms with Crippen molar-refractivity contribution >= 4 is 27.4 Å². The Balaban J connectivity index is 1.87. The van der Waals surface area contributed by atoms with Crippen LogP contribution in [0.25, 0.3) is 0 Å². The summed E-state index contributed by atoms with van der Waals surface area (Å²) in [5, 5.41) is 0. The first-order valence-corrected chi connectivity index (χ1v) is 10.8. The summed E-state index contributed by atoms with van der Waals surface area (Å²) in [5.74, 6) is 0.653. The number of fused-ring (bicyclic) bond motifs is 1. The molecule has 7 nitrogen and oxygen atoms in total. The maximum Gasteiger partial charge on any atom is 0.259 e. The van der Waals surface area contributed by atoms with E-state index in [0.29, 0.717) is 31.6 Å². The minimum atomic E-state index is -3.51. The molecule has 2 aromatic rings. The van der Waals surface area contributed by atoms with E-state index in [4.69, 9.17) is 0 Å². The number of rotatable bonds is 6. The molecule has 0 N–H and O–H groups in total. The minimum absolute atomic E-state index is 0.129. The molecule has 0 spiro atoms. The molecule has 150 valence electrons. The fraction of sp³-hybridized carbons (Fsp3) is 0.400. The predicted octanol–water partition coefficient (Wildman–Crippen LogP) is 2.38. The SMILES string of the molecule is CCN(CC)S(=O)(=O)c1ccc2c(c1)CCN2C(=O)c1ccc(N(C)C)nc1. The molecule has 1 aromatic carbocycles. The van der Waals surface area contributed by atoms with Crippen LogP contribution >= 0.6 is 0 Å². The molecular formula is C20H26N4O3S. The van der Waals surface area contributed by atoms with Gasteiger partial charge in [-0.1, -0.05) is 13.8 Å². The van der Waals surface area contributed by atoms with Crippen LogP contribution in [0.1, 0.15) is 29.8 Å². The first kappa shape index (κ1) is 20.3. The van der Waals surface area contributed by atoms with Crippen LogP contribution in [0, 0.1) is 0 Å². The highest BCUT2D eigenvalue weighted by molar-refractivity contribution is 7.89. The Bertz CT molecular complexity index is 967. The van der Waals surface area contributed by atoms with Gasteiger partial charge in [-0.3, -0.25) is 4.79 Å². The van der Waals surface area contributed by atoms with Crippen molar-refractivity contribution in [2.24, 2.45) is 0 Å². The standard InChI is InChI=1S/C20H26N4O3S/c1-5-23(6-2)28(26,27)17-8-9-18-15(13-17)11-12-24(18)20(25)16-7-10-19(21-14-16)22(3)4/h7-10,13-14H,5-6,11-12H2,1-4H3. The van der Waals surface area contributed by atoms with E-state index in [1.54, 1.807) is 35.4 Å². The van der Waals surface area contributed by atoms with Gasteiger partial charge in [-0.05, 0) is 42.3 Å². The molecule has 0 bridgehead atoms. The zero-order chi connectivity index (χ0) is 20.5.